The molecular weight excluding hydrogens is 218 g/mol. The van der Waals surface area contributed by atoms with Gasteiger partial charge in [-0.2, -0.15) is 14.9 Å². The summed E-state index contributed by atoms with van der Waals surface area (Å²) < 4.78 is 1.39. The number of aryl methyl sites for hydroxylation is 1. The van der Waals surface area contributed by atoms with Crippen LogP contribution in [0.1, 0.15) is 11.5 Å². The van der Waals surface area contributed by atoms with E-state index in [-0.39, 0.29) is 5.82 Å². The van der Waals surface area contributed by atoms with Crippen molar-refractivity contribution in [3.8, 4) is 12.0 Å². The minimum Gasteiger partial charge on any atom is -0.363 e. The molecule has 2 aromatic rings. The topological polar surface area (TPSA) is 83.5 Å². The smallest absolute Gasteiger partial charge is 0.254 e. The Hall–Kier alpha value is -2.49. The Morgan fingerprint density at radius 3 is 2.71 bits per heavy atom. The van der Waals surface area contributed by atoms with Crippen molar-refractivity contribution in [3.63, 3.8) is 0 Å². The zero-order valence-electron chi connectivity index (χ0n) is 9.79. The molecule has 0 aliphatic carbocycles. The number of hydrogen-bond acceptors (Lipinski definition) is 6. The molecule has 7 heteroatoms. The highest BCUT2D eigenvalue weighted by atomic mass is 15.4. The van der Waals surface area contributed by atoms with Gasteiger partial charge in [0.05, 0.1) is 0 Å². The lowest BCUT2D eigenvalue weighted by atomic mass is 10.4. The van der Waals surface area contributed by atoms with Crippen LogP contribution < -0.4 is 4.90 Å². The fourth-order valence-corrected chi connectivity index (χ4v) is 1.28. The quantitative estimate of drug-likeness (QED) is 0.736. The summed E-state index contributed by atoms with van der Waals surface area (Å²) in [6.45, 7) is 1.88. The molecule has 0 N–H and O–H groups in total. The third-order valence-corrected chi connectivity index (χ3v) is 2.08. The maximum atomic E-state index is 8.66. The Kier molecular flexibility index (Phi) is 2.70. The first kappa shape index (κ1) is 11.0. The standard InChI is InChI=1S/C10H11N7/c1-7-4-9(16(2)3)14-10(13-7)17-6-12-8(5-11)15-17/h4,6H,1-3H3. The van der Waals surface area contributed by atoms with Gasteiger partial charge in [0.15, 0.2) is 0 Å². The van der Waals surface area contributed by atoms with Crippen molar-refractivity contribution in [3.05, 3.63) is 23.9 Å². The monoisotopic (exact) mass is 229 g/mol. The van der Waals surface area contributed by atoms with Crippen LogP contribution in [0, 0.1) is 18.3 Å². The van der Waals surface area contributed by atoms with Gasteiger partial charge in [0.2, 0.25) is 0 Å². The van der Waals surface area contributed by atoms with E-state index in [4.69, 9.17) is 5.26 Å². The summed E-state index contributed by atoms with van der Waals surface area (Å²) in [4.78, 5) is 14.3. The summed E-state index contributed by atoms with van der Waals surface area (Å²) in [6.07, 6.45) is 1.42. The summed E-state index contributed by atoms with van der Waals surface area (Å²) in [5.41, 5.74) is 0.827. The molecule has 2 heterocycles. The van der Waals surface area contributed by atoms with Crippen molar-refractivity contribution in [2.24, 2.45) is 0 Å². The zero-order chi connectivity index (χ0) is 12.4. The van der Waals surface area contributed by atoms with Gasteiger partial charge < -0.3 is 4.90 Å². The van der Waals surface area contributed by atoms with Crippen LogP contribution in [0.25, 0.3) is 5.95 Å². The fraction of sp³-hybridized carbons (Fsp3) is 0.300. The molecule has 0 saturated heterocycles. The second kappa shape index (κ2) is 4.17. The molecule has 0 aliphatic heterocycles. The summed E-state index contributed by atoms with van der Waals surface area (Å²) in [7, 11) is 3.79. The van der Waals surface area contributed by atoms with Crippen molar-refractivity contribution >= 4 is 5.82 Å². The summed E-state index contributed by atoms with van der Waals surface area (Å²) >= 11 is 0. The normalized spacial score (nSPS) is 10.0. The third kappa shape index (κ3) is 2.20. The van der Waals surface area contributed by atoms with Crippen LogP contribution >= 0.6 is 0 Å². The van der Waals surface area contributed by atoms with E-state index in [1.807, 2.05) is 38.1 Å². The number of rotatable bonds is 2. The van der Waals surface area contributed by atoms with Crippen LogP contribution in [0.15, 0.2) is 12.4 Å². The van der Waals surface area contributed by atoms with E-state index >= 15 is 0 Å². The van der Waals surface area contributed by atoms with Gasteiger partial charge >= 0.3 is 0 Å². The number of hydrogen-bond donors (Lipinski definition) is 0. The SMILES string of the molecule is Cc1cc(N(C)C)nc(-n2cnc(C#N)n2)n1. The van der Waals surface area contributed by atoms with Crippen LogP contribution in [-0.4, -0.2) is 38.8 Å². The largest absolute Gasteiger partial charge is 0.363 e. The van der Waals surface area contributed by atoms with E-state index in [1.165, 1.54) is 11.0 Å². The van der Waals surface area contributed by atoms with Gasteiger partial charge in [0.25, 0.3) is 11.8 Å². The van der Waals surface area contributed by atoms with Crippen LogP contribution in [0.5, 0.6) is 0 Å². The van der Waals surface area contributed by atoms with Crippen molar-refractivity contribution < 1.29 is 0 Å². The minimum atomic E-state index is 0.0986. The number of anilines is 1. The first-order valence-corrected chi connectivity index (χ1v) is 4.95. The van der Waals surface area contributed by atoms with E-state index in [1.54, 1.807) is 0 Å². The Morgan fingerprint density at radius 2 is 2.12 bits per heavy atom. The molecule has 0 amide bonds. The molecule has 0 unspecified atom stereocenters. The van der Waals surface area contributed by atoms with Crippen molar-refractivity contribution in [1.29, 1.82) is 5.26 Å². The van der Waals surface area contributed by atoms with Crippen molar-refractivity contribution in [1.82, 2.24) is 24.7 Å². The molecule has 0 radical (unpaired) electrons. The Bertz CT molecular complexity index is 579. The second-order valence-corrected chi connectivity index (χ2v) is 3.69. The van der Waals surface area contributed by atoms with Crippen LogP contribution in [0.4, 0.5) is 5.82 Å². The Balaban J connectivity index is 2.48. The van der Waals surface area contributed by atoms with Gasteiger partial charge in [-0.1, -0.05) is 0 Å². The molecule has 0 spiro atoms. The summed E-state index contributed by atoms with van der Waals surface area (Å²) in [6, 6.07) is 3.73. The molecule has 0 aromatic carbocycles. The highest BCUT2D eigenvalue weighted by Crippen LogP contribution is 2.11. The number of aromatic nitrogens is 5. The predicted molar refractivity (Wildman–Crippen MR) is 60.7 cm³/mol. The van der Waals surface area contributed by atoms with Crippen molar-refractivity contribution in [2.45, 2.75) is 6.92 Å². The Morgan fingerprint density at radius 1 is 1.35 bits per heavy atom. The van der Waals surface area contributed by atoms with Crippen LogP contribution in [0.2, 0.25) is 0 Å². The molecule has 0 saturated carbocycles. The number of nitriles is 1. The van der Waals surface area contributed by atoms with Crippen LogP contribution in [0.3, 0.4) is 0 Å². The van der Waals surface area contributed by atoms with E-state index in [2.05, 4.69) is 20.1 Å². The molecule has 0 fully saturated rings. The van der Waals surface area contributed by atoms with Crippen LogP contribution in [-0.2, 0) is 0 Å². The van der Waals surface area contributed by atoms with Gasteiger partial charge in [-0.25, -0.2) is 9.97 Å². The lowest BCUT2D eigenvalue weighted by molar-refractivity contribution is 0.792. The molecule has 0 bridgehead atoms. The highest BCUT2D eigenvalue weighted by molar-refractivity contribution is 5.39. The maximum Gasteiger partial charge on any atom is 0.254 e. The molecule has 7 nitrogen and oxygen atoms in total. The third-order valence-electron chi connectivity index (χ3n) is 2.08. The maximum absolute atomic E-state index is 8.66. The molecule has 86 valence electrons. The van der Waals surface area contributed by atoms with Crippen molar-refractivity contribution in [2.75, 3.05) is 19.0 Å². The Labute approximate surface area is 98.4 Å². The van der Waals surface area contributed by atoms with Gasteiger partial charge in [-0.15, -0.1) is 5.10 Å². The van der Waals surface area contributed by atoms with Gasteiger partial charge in [-0.3, -0.25) is 0 Å². The van der Waals surface area contributed by atoms with E-state index in [0.29, 0.717) is 5.95 Å². The first-order valence-electron chi connectivity index (χ1n) is 4.95. The van der Waals surface area contributed by atoms with Gasteiger partial charge in [-0.05, 0) is 6.92 Å². The summed E-state index contributed by atoms with van der Waals surface area (Å²) in [5.74, 6) is 1.28. The molecular formula is C10H11N7. The second-order valence-electron chi connectivity index (χ2n) is 3.69. The lowest BCUT2D eigenvalue weighted by Gasteiger charge is -2.12. The fourth-order valence-electron chi connectivity index (χ4n) is 1.28. The average molecular weight is 229 g/mol. The molecule has 2 rings (SSSR count). The van der Waals surface area contributed by atoms with Gasteiger partial charge in [0.1, 0.15) is 18.2 Å². The van der Waals surface area contributed by atoms with E-state index in [0.717, 1.165) is 11.5 Å². The average Bonchev–Trinajstić information content (AvgIpc) is 2.76. The molecule has 0 aliphatic rings. The minimum absolute atomic E-state index is 0.0986. The molecule has 2 aromatic heterocycles. The number of nitrogens with zero attached hydrogens (tertiary/aromatic N) is 7. The predicted octanol–water partition coefficient (Wildman–Crippen LogP) is 0.303. The van der Waals surface area contributed by atoms with Gasteiger partial charge in [0, 0.05) is 25.9 Å². The molecule has 17 heavy (non-hydrogen) atoms. The van der Waals surface area contributed by atoms with E-state index in [9.17, 15) is 0 Å². The molecule has 0 atom stereocenters. The first-order chi connectivity index (χ1) is 8.10. The summed E-state index contributed by atoms with van der Waals surface area (Å²) in [5, 5.41) is 12.6. The lowest BCUT2D eigenvalue weighted by Crippen LogP contribution is -2.14. The highest BCUT2D eigenvalue weighted by Gasteiger charge is 2.08. The van der Waals surface area contributed by atoms with E-state index < -0.39 is 0 Å². The zero-order valence-corrected chi connectivity index (χ0v) is 9.79.